The fourth-order valence-corrected chi connectivity index (χ4v) is 6.10. The molecule has 1 aromatic carbocycles. The molecule has 0 N–H and O–H groups in total. The van der Waals surface area contributed by atoms with Gasteiger partial charge in [-0.3, -0.25) is 0 Å². The summed E-state index contributed by atoms with van der Waals surface area (Å²) in [7, 11) is -6.96. The highest BCUT2D eigenvalue weighted by molar-refractivity contribution is 7.94. The van der Waals surface area contributed by atoms with Gasteiger partial charge in [0, 0.05) is 13.6 Å². The summed E-state index contributed by atoms with van der Waals surface area (Å²) < 4.78 is 85.5. The molecule has 0 radical (unpaired) electrons. The lowest BCUT2D eigenvalue weighted by Crippen LogP contribution is -2.23. The Morgan fingerprint density at radius 3 is 2.39 bits per heavy atom. The van der Waals surface area contributed by atoms with Gasteiger partial charge in [0.1, 0.15) is 12.0 Å². The Kier molecular flexibility index (Phi) is 6.59. The summed E-state index contributed by atoms with van der Waals surface area (Å²) in [6, 6.07) is 6.21. The van der Waals surface area contributed by atoms with E-state index in [-0.39, 0.29) is 45.3 Å². The molecule has 36 heavy (non-hydrogen) atoms. The number of nitrogens with zero attached hydrogens (tertiary/aromatic N) is 7. The average Bonchev–Trinajstić information content (AvgIpc) is 3.41. The van der Waals surface area contributed by atoms with Crippen molar-refractivity contribution in [2.45, 2.75) is 29.1 Å². The van der Waals surface area contributed by atoms with Crippen LogP contribution in [-0.2, 0) is 26.6 Å². The SMILES string of the molecule is CCN=S(=O)(c1ccc2c(c1)nc(-c1nc(-n3cnc(Cl)n3)ccc1S(=O)(=O)CC)n2C)C(F)(F)F. The van der Waals surface area contributed by atoms with E-state index in [1.54, 1.807) is 7.05 Å². The Morgan fingerprint density at radius 2 is 1.81 bits per heavy atom. The van der Waals surface area contributed by atoms with E-state index >= 15 is 0 Å². The second kappa shape index (κ2) is 9.12. The minimum absolute atomic E-state index is 0.0453. The first-order chi connectivity index (χ1) is 16.8. The maximum atomic E-state index is 13.7. The fourth-order valence-electron chi connectivity index (χ4n) is 3.51. The third kappa shape index (κ3) is 4.35. The van der Waals surface area contributed by atoms with E-state index in [9.17, 15) is 25.8 Å². The number of sulfone groups is 1. The van der Waals surface area contributed by atoms with Gasteiger partial charge < -0.3 is 4.57 Å². The van der Waals surface area contributed by atoms with Gasteiger partial charge in [-0.25, -0.2) is 36.6 Å². The summed E-state index contributed by atoms with van der Waals surface area (Å²) in [5.41, 5.74) is -4.71. The summed E-state index contributed by atoms with van der Waals surface area (Å²) in [4.78, 5) is 11.9. The van der Waals surface area contributed by atoms with Crippen LogP contribution in [0.2, 0.25) is 5.28 Å². The largest absolute Gasteiger partial charge is 0.483 e. The fraction of sp³-hybridized carbons (Fsp3) is 0.300. The molecule has 0 fully saturated rings. The van der Waals surface area contributed by atoms with Crippen molar-refractivity contribution in [3.8, 4) is 17.3 Å². The molecule has 0 amide bonds. The molecule has 1 unspecified atom stereocenters. The molecule has 1 atom stereocenters. The molecule has 0 saturated carbocycles. The highest BCUT2D eigenvalue weighted by Gasteiger charge is 2.44. The van der Waals surface area contributed by atoms with E-state index in [0.717, 1.165) is 12.1 Å². The molecule has 0 saturated heterocycles. The molecular weight excluding hydrogens is 543 g/mol. The van der Waals surface area contributed by atoms with Crippen molar-refractivity contribution in [2.75, 3.05) is 12.3 Å². The lowest BCUT2D eigenvalue weighted by Gasteiger charge is -2.13. The summed E-state index contributed by atoms with van der Waals surface area (Å²) in [6.07, 6.45) is 1.29. The zero-order valence-electron chi connectivity index (χ0n) is 19.1. The number of fused-ring (bicyclic) bond motifs is 1. The van der Waals surface area contributed by atoms with E-state index in [1.165, 1.54) is 47.6 Å². The number of imidazole rings is 1. The first-order valence-corrected chi connectivity index (χ1v) is 13.9. The minimum atomic E-state index is -5.09. The number of hydrogen-bond acceptors (Lipinski definition) is 8. The summed E-state index contributed by atoms with van der Waals surface area (Å²) in [5, 5.41) is 3.90. The van der Waals surface area contributed by atoms with Crippen LogP contribution in [0.1, 0.15) is 13.8 Å². The average molecular weight is 562 g/mol. The van der Waals surface area contributed by atoms with Crippen LogP contribution in [0.5, 0.6) is 0 Å². The minimum Gasteiger partial charge on any atom is -0.326 e. The van der Waals surface area contributed by atoms with Crippen LogP contribution in [0.3, 0.4) is 0 Å². The molecule has 10 nitrogen and oxygen atoms in total. The Balaban J connectivity index is 1.99. The third-order valence-electron chi connectivity index (χ3n) is 5.27. The molecule has 0 aliphatic carbocycles. The van der Waals surface area contributed by atoms with Gasteiger partial charge in [-0.2, -0.15) is 13.2 Å². The van der Waals surface area contributed by atoms with Gasteiger partial charge in [0.2, 0.25) is 5.28 Å². The Morgan fingerprint density at radius 1 is 1.08 bits per heavy atom. The van der Waals surface area contributed by atoms with Gasteiger partial charge in [0.25, 0.3) is 0 Å². The smallest absolute Gasteiger partial charge is 0.326 e. The predicted octanol–water partition coefficient (Wildman–Crippen LogP) is 4.03. The maximum Gasteiger partial charge on any atom is 0.483 e. The topological polar surface area (TPSA) is 125 Å². The van der Waals surface area contributed by atoms with E-state index in [1.807, 2.05) is 0 Å². The number of aryl methyl sites for hydroxylation is 1. The van der Waals surface area contributed by atoms with E-state index in [2.05, 4.69) is 24.4 Å². The first-order valence-electron chi connectivity index (χ1n) is 10.4. The number of halogens is 4. The van der Waals surface area contributed by atoms with Gasteiger partial charge in [-0.15, -0.1) is 5.10 Å². The molecule has 4 rings (SSSR count). The first kappa shape index (κ1) is 26.0. The number of hydrogen-bond donors (Lipinski definition) is 0. The molecule has 3 heterocycles. The molecular formula is C20H19ClF3N7O3S2. The van der Waals surface area contributed by atoms with Crippen LogP contribution >= 0.6 is 11.6 Å². The van der Waals surface area contributed by atoms with Crippen LogP contribution in [0.15, 0.2) is 50.8 Å². The molecule has 3 aromatic heterocycles. The zero-order chi connectivity index (χ0) is 26.5. The Hall–Kier alpha value is -3.04. The standard InChI is InChI=1S/C20H19ClF3N7O3S2/c1-4-26-36(34,20(22,23)24)12-6-7-14-13(10-12)27-18(30(14)3)17-15(35(32,33)5-2)8-9-16(28-17)31-11-25-19(21)29-31/h6-11H,4-5H2,1-3H3. The van der Waals surface area contributed by atoms with Crippen molar-refractivity contribution in [3.63, 3.8) is 0 Å². The number of rotatable bonds is 6. The second-order valence-corrected chi connectivity index (χ2v) is 12.3. The quantitative estimate of drug-likeness (QED) is 0.348. The third-order valence-corrected chi connectivity index (χ3v) is 9.34. The van der Waals surface area contributed by atoms with Crippen molar-refractivity contribution in [1.29, 1.82) is 0 Å². The molecule has 0 aliphatic rings. The van der Waals surface area contributed by atoms with Crippen molar-refractivity contribution < 1.29 is 25.8 Å². The highest BCUT2D eigenvalue weighted by atomic mass is 35.5. The van der Waals surface area contributed by atoms with E-state index < -0.39 is 30.0 Å². The lowest BCUT2D eigenvalue weighted by molar-refractivity contribution is -0.0403. The number of aromatic nitrogens is 6. The van der Waals surface area contributed by atoms with Crippen molar-refractivity contribution >= 4 is 42.2 Å². The summed E-state index contributed by atoms with van der Waals surface area (Å²) in [5.74, 6) is 0.0263. The maximum absolute atomic E-state index is 13.7. The van der Waals surface area contributed by atoms with Crippen molar-refractivity contribution in [3.05, 3.63) is 41.9 Å². The van der Waals surface area contributed by atoms with Crippen molar-refractivity contribution in [1.82, 2.24) is 29.3 Å². The van der Waals surface area contributed by atoms with Crippen LogP contribution in [-0.4, -0.2) is 59.7 Å². The van der Waals surface area contributed by atoms with Gasteiger partial charge in [0.15, 0.2) is 31.2 Å². The van der Waals surface area contributed by atoms with Crippen LogP contribution < -0.4 is 0 Å². The monoisotopic (exact) mass is 561 g/mol. The van der Waals surface area contributed by atoms with Gasteiger partial charge >= 0.3 is 5.51 Å². The molecule has 0 aliphatic heterocycles. The lowest BCUT2D eigenvalue weighted by atomic mass is 10.3. The second-order valence-electron chi connectivity index (χ2n) is 7.44. The van der Waals surface area contributed by atoms with Gasteiger partial charge in [0.05, 0.1) is 26.6 Å². The molecule has 16 heteroatoms. The molecule has 192 valence electrons. The predicted molar refractivity (Wildman–Crippen MR) is 127 cm³/mol. The number of benzene rings is 1. The number of alkyl halides is 3. The van der Waals surface area contributed by atoms with Crippen LogP contribution in [0, 0.1) is 0 Å². The zero-order valence-corrected chi connectivity index (χ0v) is 21.5. The Bertz CT molecular complexity index is 1710. The van der Waals surface area contributed by atoms with E-state index in [4.69, 9.17) is 11.6 Å². The van der Waals surface area contributed by atoms with Crippen LogP contribution in [0.25, 0.3) is 28.4 Å². The highest BCUT2D eigenvalue weighted by Crippen LogP contribution is 2.35. The molecule has 4 aromatic rings. The van der Waals surface area contributed by atoms with Gasteiger partial charge in [-0.1, -0.05) is 6.92 Å². The Labute approximate surface area is 209 Å². The van der Waals surface area contributed by atoms with E-state index in [0.29, 0.717) is 5.52 Å². The van der Waals surface area contributed by atoms with Crippen LogP contribution in [0.4, 0.5) is 13.2 Å². The van der Waals surface area contributed by atoms with Crippen molar-refractivity contribution in [2.24, 2.45) is 11.4 Å². The summed E-state index contributed by atoms with van der Waals surface area (Å²) >= 11 is 5.78. The number of pyridine rings is 1. The van der Waals surface area contributed by atoms with Gasteiger partial charge in [-0.05, 0) is 48.9 Å². The molecule has 0 bridgehead atoms. The molecule has 0 spiro atoms. The normalized spacial score (nSPS) is 14.2. The summed E-state index contributed by atoms with van der Waals surface area (Å²) in [6.45, 7) is 2.53.